The van der Waals surface area contributed by atoms with Gasteiger partial charge in [-0.1, -0.05) is 17.7 Å². The van der Waals surface area contributed by atoms with Gasteiger partial charge in [-0.15, -0.1) is 0 Å². The Hall–Kier alpha value is -2.25. The maximum Gasteiger partial charge on any atom is 0.143 e. The monoisotopic (exact) mass is 290 g/mol. The molecule has 0 fully saturated rings. The second kappa shape index (κ2) is 6.27. The van der Waals surface area contributed by atoms with Crippen LogP contribution in [0.5, 0.6) is 5.75 Å². The first-order valence-corrected chi connectivity index (χ1v) is 6.28. The topological polar surface area (TPSA) is 45.0 Å². The molecule has 2 rings (SSSR count). The van der Waals surface area contributed by atoms with Crippen LogP contribution in [0.15, 0.2) is 36.4 Å². The Morgan fingerprint density at radius 2 is 2.10 bits per heavy atom. The molecular formula is C15H12ClFN2O. The van der Waals surface area contributed by atoms with Crippen LogP contribution >= 0.6 is 11.6 Å². The summed E-state index contributed by atoms with van der Waals surface area (Å²) in [5.74, 6) is 0.0585. The number of nitriles is 1. The van der Waals surface area contributed by atoms with E-state index < -0.39 is 5.82 Å². The van der Waals surface area contributed by atoms with Crippen LogP contribution in [0.1, 0.15) is 11.1 Å². The highest BCUT2D eigenvalue weighted by atomic mass is 35.5. The van der Waals surface area contributed by atoms with E-state index in [1.54, 1.807) is 18.2 Å². The first kappa shape index (κ1) is 14.2. The Kier molecular flexibility index (Phi) is 4.44. The third-order valence-electron chi connectivity index (χ3n) is 2.80. The highest BCUT2D eigenvalue weighted by Crippen LogP contribution is 2.22. The molecule has 0 aliphatic carbocycles. The molecule has 0 aliphatic heterocycles. The zero-order valence-corrected chi connectivity index (χ0v) is 11.5. The molecule has 0 unspecified atom stereocenters. The van der Waals surface area contributed by atoms with Crippen molar-refractivity contribution in [2.45, 2.75) is 6.54 Å². The average Bonchev–Trinajstić information content (AvgIpc) is 2.48. The fourth-order valence-corrected chi connectivity index (χ4v) is 1.87. The standard InChI is InChI=1S/C15H12ClFN2O/c1-20-15-6-10(2-3-11(15)8-18)9-19-12-4-5-13(16)14(17)7-12/h2-7,19H,9H2,1H3. The quantitative estimate of drug-likeness (QED) is 0.926. The number of methoxy groups -OCH3 is 1. The molecule has 0 atom stereocenters. The van der Waals surface area contributed by atoms with Crippen LogP contribution in [0.2, 0.25) is 5.02 Å². The average molecular weight is 291 g/mol. The van der Waals surface area contributed by atoms with Crippen molar-refractivity contribution in [2.24, 2.45) is 0 Å². The van der Waals surface area contributed by atoms with Gasteiger partial charge in [0.15, 0.2) is 0 Å². The summed E-state index contributed by atoms with van der Waals surface area (Å²) in [6, 6.07) is 11.9. The van der Waals surface area contributed by atoms with E-state index in [0.717, 1.165) is 5.56 Å². The van der Waals surface area contributed by atoms with Gasteiger partial charge in [0.25, 0.3) is 0 Å². The van der Waals surface area contributed by atoms with Crippen LogP contribution in [0.4, 0.5) is 10.1 Å². The lowest BCUT2D eigenvalue weighted by molar-refractivity contribution is 0.413. The summed E-state index contributed by atoms with van der Waals surface area (Å²) in [5.41, 5.74) is 2.04. The van der Waals surface area contributed by atoms with E-state index in [9.17, 15) is 4.39 Å². The fourth-order valence-electron chi connectivity index (χ4n) is 1.75. The zero-order chi connectivity index (χ0) is 14.5. The van der Waals surface area contributed by atoms with Crippen molar-refractivity contribution in [2.75, 3.05) is 12.4 Å². The molecule has 102 valence electrons. The molecule has 2 aromatic carbocycles. The third kappa shape index (κ3) is 3.19. The van der Waals surface area contributed by atoms with Gasteiger partial charge in [-0.05, 0) is 35.9 Å². The van der Waals surface area contributed by atoms with Gasteiger partial charge in [0, 0.05) is 12.2 Å². The minimum Gasteiger partial charge on any atom is -0.495 e. The molecule has 0 saturated carbocycles. The number of hydrogen-bond donors (Lipinski definition) is 1. The second-order valence-corrected chi connectivity index (χ2v) is 4.54. The van der Waals surface area contributed by atoms with Gasteiger partial charge in [-0.25, -0.2) is 4.39 Å². The van der Waals surface area contributed by atoms with Crippen molar-refractivity contribution in [3.8, 4) is 11.8 Å². The lowest BCUT2D eigenvalue weighted by atomic mass is 10.1. The van der Waals surface area contributed by atoms with E-state index in [1.807, 2.05) is 6.07 Å². The molecule has 0 bridgehead atoms. The number of nitrogens with one attached hydrogen (secondary N) is 1. The molecule has 5 heteroatoms. The van der Waals surface area contributed by atoms with Crippen LogP contribution in [0.25, 0.3) is 0 Å². The lowest BCUT2D eigenvalue weighted by Gasteiger charge is -2.09. The zero-order valence-electron chi connectivity index (χ0n) is 10.8. The van der Waals surface area contributed by atoms with Gasteiger partial charge < -0.3 is 10.1 Å². The largest absolute Gasteiger partial charge is 0.495 e. The minimum atomic E-state index is -0.464. The molecule has 0 radical (unpaired) electrons. The molecule has 0 amide bonds. The molecule has 0 aliphatic rings. The van der Waals surface area contributed by atoms with Gasteiger partial charge in [0.1, 0.15) is 17.6 Å². The smallest absolute Gasteiger partial charge is 0.143 e. The molecule has 0 saturated heterocycles. The van der Waals surface area contributed by atoms with E-state index in [2.05, 4.69) is 11.4 Å². The Morgan fingerprint density at radius 1 is 1.30 bits per heavy atom. The Labute approximate surface area is 121 Å². The van der Waals surface area contributed by atoms with Crippen molar-refractivity contribution in [3.63, 3.8) is 0 Å². The normalized spacial score (nSPS) is 9.90. The molecule has 2 aromatic rings. The van der Waals surface area contributed by atoms with Gasteiger partial charge in [-0.2, -0.15) is 5.26 Å². The summed E-state index contributed by atoms with van der Waals surface area (Å²) in [5, 5.41) is 12.1. The number of hydrogen-bond acceptors (Lipinski definition) is 3. The maximum atomic E-state index is 13.3. The van der Waals surface area contributed by atoms with Gasteiger partial charge in [0.05, 0.1) is 17.7 Å². The van der Waals surface area contributed by atoms with Crippen molar-refractivity contribution in [1.29, 1.82) is 5.26 Å². The van der Waals surface area contributed by atoms with Crippen LogP contribution in [-0.2, 0) is 6.54 Å². The fraction of sp³-hybridized carbons (Fsp3) is 0.133. The highest BCUT2D eigenvalue weighted by molar-refractivity contribution is 6.30. The van der Waals surface area contributed by atoms with Crippen molar-refractivity contribution >= 4 is 17.3 Å². The van der Waals surface area contributed by atoms with Crippen LogP contribution in [0, 0.1) is 17.1 Å². The summed E-state index contributed by atoms with van der Waals surface area (Å²) in [6.45, 7) is 0.489. The number of benzene rings is 2. The summed E-state index contributed by atoms with van der Waals surface area (Å²) >= 11 is 5.62. The van der Waals surface area contributed by atoms with Gasteiger partial charge >= 0.3 is 0 Å². The number of nitrogens with zero attached hydrogens (tertiary/aromatic N) is 1. The van der Waals surface area contributed by atoms with Crippen molar-refractivity contribution in [1.82, 2.24) is 0 Å². The van der Waals surface area contributed by atoms with Gasteiger partial charge in [-0.3, -0.25) is 0 Å². The number of ether oxygens (including phenoxy) is 1. The molecule has 0 aromatic heterocycles. The summed E-state index contributed by atoms with van der Waals surface area (Å²) in [7, 11) is 1.52. The number of halogens is 2. The van der Waals surface area contributed by atoms with E-state index >= 15 is 0 Å². The second-order valence-electron chi connectivity index (χ2n) is 4.13. The van der Waals surface area contributed by atoms with Gasteiger partial charge in [0.2, 0.25) is 0 Å². The molecule has 20 heavy (non-hydrogen) atoms. The van der Waals surface area contributed by atoms with Crippen LogP contribution in [-0.4, -0.2) is 7.11 Å². The van der Waals surface area contributed by atoms with E-state index in [0.29, 0.717) is 23.5 Å². The number of anilines is 1. The third-order valence-corrected chi connectivity index (χ3v) is 3.11. The van der Waals surface area contributed by atoms with E-state index in [1.165, 1.54) is 19.2 Å². The molecule has 0 heterocycles. The predicted molar refractivity (Wildman–Crippen MR) is 76.4 cm³/mol. The lowest BCUT2D eigenvalue weighted by Crippen LogP contribution is -2.00. The van der Waals surface area contributed by atoms with Crippen molar-refractivity contribution < 1.29 is 9.13 Å². The Bertz CT molecular complexity index is 667. The predicted octanol–water partition coefficient (Wildman–Crippen LogP) is 3.97. The van der Waals surface area contributed by atoms with Crippen molar-refractivity contribution in [3.05, 3.63) is 58.4 Å². The van der Waals surface area contributed by atoms with E-state index in [4.69, 9.17) is 21.6 Å². The van der Waals surface area contributed by atoms with E-state index in [-0.39, 0.29) is 5.02 Å². The summed E-state index contributed by atoms with van der Waals surface area (Å²) in [6.07, 6.45) is 0. The SMILES string of the molecule is COc1cc(CNc2ccc(Cl)c(F)c2)ccc1C#N. The van der Waals surface area contributed by atoms with Crippen LogP contribution < -0.4 is 10.1 Å². The number of rotatable bonds is 4. The molecule has 0 spiro atoms. The van der Waals surface area contributed by atoms with Crippen LogP contribution in [0.3, 0.4) is 0 Å². The first-order valence-electron chi connectivity index (χ1n) is 5.90. The Balaban J connectivity index is 2.11. The molecular weight excluding hydrogens is 279 g/mol. The summed E-state index contributed by atoms with van der Waals surface area (Å²) in [4.78, 5) is 0. The minimum absolute atomic E-state index is 0.0931. The molecule has 3 nitrogen and oxygen atoms in total. The maximum absolute atomic E-state index is 13.3. The summed E-state index contributed by atoms with van der Waals surface area (Å²) < 4.78 is 18.4. The Morgan fingerprint density at radius 3 is 2.75 bits per heavy atom. The first-order chi connectivity index (χ1) is 9.63. The molecule has 1 N–H and O–H groups in total. The highest BCUT2D eigenvalue weighted by Gasteiger charge is 2.04.